The number of carbonyl (C=O) groups is 1. The summed E-state index contributed by atoms with van der Waals surface area (Å²) in [4.78, 5) is 12.9. The minimum absolute atomic E-state index is 0.0840. The third kappa shape index (κ3) is 2.63. The van der Waals surface area contributed by atoms with Gasteiger partial charge in [-0.1, -0.05) is 63.4 Å². The van der Waals surface area contributed by atoms with E-state index < -0.39 is 0 Å². The first-order chi connectivity index (χ1) is 10.6. The maximum Gasteiger partial charge on any atom is 0.161 e. The van der Waals surface area contributed by atoms with E-state index in [9.17, 15) is 4.79 Å². The lowest BCUT2D eigenvalue weighted by Gasteiger charge is -2.38. The van der Waals surface area contributed by atoms with Crippen molar-refractivity contribution >= 4 is 5.78 Å². The van der Waals surface area contributed by atoms with E-state index in [-0.39, 0.29) is 11.5 Å². The van der Waals surface area contributed by atoms with Gasteiger partial charge in [0, 0.05) is 18.3 Å². The third-order valence-corrected chi connectivity index (χ3v) is 4.96. The number of hydrogen-bond donors (Lipinski definition) is 0. The van der Waals surface area contributed by atoms with Crippen LogP contribution in [0.1, 0.15) is 46.0 Å². The van der Waals surface area contributed by atoms with Crippen molar-refractivity contribution in [3.63, 3.8) is 0 Å². The second-order valence-electron chi connectivity index (χ2n) is 6.78. The monoisotopic (exact) mass is 295 g/mol. The van der Waals surface area contributed by atoms with E-state index in [4.69, 9.17) is 0 Å². The molecule has 1 aromatic carbocycles. The molecule has 22 heavy (non-hydrogen) atoms. The van der Waals surface area contributed by atoms with Crippen LogP contribution in [-0.4, -0.2) is 10.4 Å². The SMILES string of the molecule is CC(C)C(=O)C1(n2ccc(-c3ccccc3)c2)CCCCC1. The van der Waals surface area contributed by atoms with Gasteiger partial charge >= 0.3 is 0 Å². The Morgan fingerprint density at radius 1 is 1.00 bits per heavy atom. The topological polar surface area (TPSA) is 22.0 Å². The van der Waals surface area contributed by atoms with Crippen molar-refractivity contribution in [3.8, 4) is 11.1 Å². The fourth-order valence-corrected chi connectivity index (χ4v) is 3.77. The molecule has 0 bridgehead atoms. The molecule has 1 aromatic heterocycles. The lowest BCUT2D eigenvalue weighted by Crippen LogP contribution is -2.45. The number of Topliss-reactive ketones (excluding diaryl/α,β-unsaturated/α-hetero) is 1. The number of rotatable bonds is 4. The van der Waals surface area contributed by atoms with Crippen LogP contribution >= 0.6 is 0 Å². The van der Waals surface area contributed by atoms with Crippen LogP contribution in [0.5, 0.6) is 0 Å². The highest BCUT2D eigenvalue weighted by Gasteiger charge is 2.41. The highest BCUT2D eigenvalue weighted by Crippen LogP contribution is 2.39. The largest absolute Gasteiger partial charge is 0.341 e. The van der Waals surface area contributed by atoms with Gasteiger partial charge in [-0.15, -0.1) is 0 Å². The molecule has 0 aliphatic heterocycles. The van der Waals surface area contributed by atoms with Crippen molar-refractivity contribution in [2.75, 3.05) is 0 Å². The molecule has 0 spiro atoms. The number of nitrogens with zero attached hydrogens (tertiary/aromatic N) is 1. The first-order valence-electron chi connectivity index (χ1n) is 8.42. The summed E-state index contributed by atoms with van der Waals surface area (Å²) < 4.78 is 2.21. The van der Waals surface area contributed by atoms with Crippen LogP contribution < -0.4 is 0 Å². The predicted molar refractivity (Wildman–Crippen MR) is 90.8 cm³/mol. The zero-order valence-electron chi connectivity index (χ0n) is 13.6. The van der Waals surface area contributed by atoms with E-state index in [1.54, 1.807) is 0 Å². The van der Waals surface area contributed by atoms with Crippen LogP contribution in [0.2, 0.25) is 0 Å². The average Bonchev–Trinajstić information content (AvgIpc) is 3.06. The fourth-order valence-electron chi connectivity index (χ4n) is 3.77. The molecule has 0 radical (unpaired) electrons. The zero-order chi connectivity index (χ0) is 15.6. The molecular weight excluding hydrogens is 270 g/mol. The second-order valence-corrected chi connectivity index (χ2v) is 6.78. The van der Waals surface area contributed by atoms with Gasteiger partial charge in [-0.2, -0.15) is 0 Å². The van der Waals surface area contributed by atoms with E-state index in [2.05, 4.69) is 47.3 Å². The van der Waals surface area contributed by atoms with E-state index in [1.807, 2.05) is 19.9 Å². The first-order valence-corrected chi connectivity index (χ1v) is 8.42. The van der Waals surface area contributed by atoms with Gasteiger partial charge in [0.05, 0.1) is 0 Å². The van der Waals surface area contributed by atoms with E-state index >= 15 is 0 Å². The quantitative estimate of drug-likeness (QED) is 0.774. The van der Waals surface area contributed by atoms with Gasteiger partial charge in [-0.3, -0.25) is 4.79 Å². The molecule has 1 aliphatic rings. The predicted octanol–water partition coefficient (Wildman–Crippen LogP) is 5.04. The molecule has 3 rings (SSSR count). The molecule has 0 amide bonds. The number of hydrogen-bond acceptors (Lipinski definition) is 1. The summed E-state index contributed by atoms with van der Waals surface area (Å²) in [7, 11) is 0. The van der Waals surface area contributed by atoms with Crippen LogP contribution in [0.25, 0.3) is 11.1 Å². The summed E-state index contributed by atoms with van der Waals surface area (Å²) in [5.41, 5.74) is 2.09. The van der Waals surface area contributed by atoms with Crippen molar-refractivity contribution in [2.45, 2.75) is 51.5 Å². The summed E-state index contributed by atoms with van der Waals surface area (Å²) in [6, 6.07) is 12.5. The number of benzene rings is 1. The Kier molecular flexibility index (Phi) is 4.19. The third-order valence-electron chi connectivity index (χ3n) is 4.96. The first kappa shape index (κ1) is 15.1. The normalized spacial score (nSPS) is 17.6. The Balaban J connectivity index is 1.99. The summed E-state index contributed by atoms with van der Waals surface area (Å²) >= 11 is 0. The molecule has 2 heteroatoms. The Hall–Kier alpha value is -1.83. The van der Waals surface area contributed by atoms with Gasteiger partial charge in [0.25, 0.3) is 0 Å². The zero-order valence-corrected chi connectivity index (χ0v) is 13.6. The Bertz CT molecular complexity index is 633. The van der Waals surface area contributed by atoms with Crippen LogP contribution in [0, 0.1) is 5.92 Å². The van der Waals surface area contributed by atoms with Crippen LogP contribution in [0.15, 0.2) is 48.8 Å². The molecule has 116 valence electrons. The molecule has 1 saturated carbocycles. The van der Waals surface area contributed by atoms with Gasteiger partial charge in [-0.25, -0.2) is 0 Å². The fraction of sp³-hybridized carbons (Fsp3) is 0.450. The van der Waals surface area contributed by atoms with Crippen LogP contribution in [0.3, 0.4) is 0 Å². The molecule has 1 aliphatic carbocycles. The minimum Gasteiger partial charge on any atom is -0.341 e. The molecule has 1 heterocycles. The lowest BCUT2D eigenvalue weighted by molar-refractivity contribution is -0.132. The molecule has 0 unspecified atom stereocenters. The summed E-state index contributed by atoms with van der Waals surface area (Å²) in [5, 5.41) is 0. The van der Waals surface area contributed by atoms with Gasteiger partial charge in [0.2, 0.25) is 0 Å². The molecule has 0 N–H and O–H groups in total. The molecule has 0 saturated heterocycles. The van der Waals surface area contributed by atoms with E-state index in [1.165, 1.54) is 17.5 Å². The smallest absolute Gasteiger partial charge is 0.161 e. The minimum atomic E-state index is -0.320. The molecular formula is C20H25NO. The van der Waals surface area contributed by atoms with Crippen molar-refractivity contribution in [3.05, 3.63) is 48.8 Å². The Morgan fingerprint density at radius 3 is 2.32 bits per heavy atom. The Morgan fingerprint density at radius 2 is 1.68 bits per heavy atom. The summed E-state index contributed by atoms with van der Waals surface area (Å²) in [6.45, 7) is 4.06. The molecule has 2 nitrogen and oxygen atoms in total. The number of carbonyl (C=O) groups excluding carboxylic acids is 1. The van der Waals surface area contributed by atoms with E-state index in [0.717, 1.165) is 25.7 Å². The lowest BCUT2D eigenvalue weighted by atomic mass is 9.75. The average molecular weight is 295 g/mol. The van der Waals surface area contributed by atoms with Crippen molar-refractivity contribution in [2.24, 2.45) is 5.92 Å². The molecule has 0 atom stereocenters. The Labute approximate surface area is 133 Å². The van der Waals surface area contributed by atoms with Gasteiger partial charge in [0.1, 0.15) is 5.54 Å². The highest BCUT2D eigenvalue weighted by molar-refractivity contribution is 5.88. The van der Waals surface area contributed by atoms with Gasteiger partial charge in [-0.05, 0) is 30.0 Å². The molecule has 1 fully saturated rings. The molecule has 2 aromatic rings. The number of aromatic nitrogens is 1. The summed E-state index contributed by atoms with van der Waals surface area (Å²) in [5.74, 6) is 0.475. The highest BCUT2D eigenvalue weighted by atomic mass is 16.1. The standard InChI is InChI=1S/C20H25NO/c1-16(2)19(22)20(12-7-4-8-13-20)21-14-11-18(15-21)17-9-5-3-6-10-17/h3,5-6,9-11,14-16H,4,7-8,12-13H2,1-2H3. The van der Waals surface area contributed by atoms with Crippen molar-refractivity contribution in [1.29, 1.82) is 0 Å². The number of ketones is 1. The summed E-state index contributed by atoms with van der Waals surface area (Å²) in [6.07, 6.45) is 9.78. The van der Waals surface area contributed by atoms with Crippen LogP contribution in [0.4, 0.5) is 0 Å². The van der Waals surface area contributed by atoms with Crippen molar-refractivity contribution < 1.29 is 4.79 Å². The maximum atomic E-state index is 12.9. The van der Waals surface area contributed by atoms with E-state index in [0.29, 0.717) is 5.78 Å². The second kappa shape index (κ2) is 6.12. The van der Waals surface area contributed by atoms with Crippen molar-refractivity contribution in [1.82, 2.24) is 4.57 Å². The van der Waals surface area contributed by atoms with Gasteiger partial charge < -0.3 is 4.57 Å². The van der Waals surface area contributed by atoms with Gasteiger partial charge in [0.15, 0.2) is 5.78 Å². The maximum absolute atomic E-state index is 12.9. The van der Waals surface area contributed by atoms with Crippen LogP contribution in [-0.2, 0) is 10.3 Å².